The third kappa shape index (κ3) is 2.09. The lowest BCUT2D eigenvalue weighted by Gasteiger charge is -2.04. The SMILES string of the molecule is Cc1ccc(C)c(-c2cc(C(=O)O)n(C)c2)c1. The summed E-state index contributed by atoms with van der Waals surface area (Å²) in [4.78, 5) is 11.0. The molecule has 0 amide bonds. The molecule has 0 fully saturated rings. The fourth-order valence-corrected chi connectivity index (χ4v) is 1.97. The molecule has 0 aliphatic carbocycles. The van der Waals surface area contributed by atoms with Crippen molar-refractivity contribution in [3.05, 3.63) is 47.3 Å². The van der Waals surface area contributed by atoms with Gasteiger partial charge in [0, 0.05) is 18.8 Å². The number of carboxylic acids is 1. The summed E-state index contributed by atoms with van der Waals surface area (Å²) in [6, 6.07) is 7.90. The van der Waals surface area contributed by atoms with Crippen LogP contribution in [0.5, 0.6) is 0 Å². The van der Waals surface area contributed by atoms with Crippen LogP contribution in [-0.2, 0) is 7.05 Å². The Bertz CT molecular complexity index is 582. The van der Waals surface area contributed by atoms with Gasteiger partial charge in [-0.2, -0.15) is 0 Å². The minimum absolute atomic E-state index is 0.306. The van der Waals surface area contributed by atoms with Gasteiger partial charge < -0.3 is 9.67 Å². The molecule has 1 heterocycles. The van der Waals surface area contributed by atoms with Crippen LogP contribution in [0.3, 0.4) is 0 Å². The van der Waals surface area contributed by atoms with Crippen LogP contribution in [0.1, 0.15) is 21.6 Å². The van der Waals surface area contributed by atoms with Crippen molar-refractivity contribution in [3.8, 4) is 11.1 Å². The van der Waals surface area contributed by atoms with Crippen LogP contribution in [0.25, 0.3) is 11.1 Å². The topological polar surface area (TPSA) is 42.2 Å². The fourth-order valence-electron chi connectivity index (χ4n) is 1.97. The number of carbonyl (C=O) groups is 1. The van der Waals surface area contributed by atoms with E-state index in [1.165, 1.54) is 5.56 Å². The lowest BCUT2D eigenvalue weighted by Crippen LogP contribution is -2.02. The molecule has 2 aromatic rings. The Balaban J connectivity index is 2.57. The van der Waals surface area contributed by atoms with E-state index < -0.39 is 5.97 Å². The summed E-state index contributed by atoms with van der Waals surface area (Å²) in [5.74, 6) is -0.899. The van der Waals surface area contributed by atoms with Crippen LogP contribution in [0.4, 0.5) is 0 Å². The van der Waals surface area contributed by atoms with Crippen molar-refractivity contribution in [2.24, 2.45) is 7.05 Å². The van der Waals surface area contributed by atoms with Crippen molar-refractivity contribution in [2.45, 2.75) is 13.8 Å². The van der Waals surface area contributed by atoms with Gasteiger partial charge in [-0.15, -0.1) is 0 Å². The Morgan fingerprint density at radius 3 is 2.53 bits per heavy atom. The highest BCUT2D eigenvalue weighted by Crippen LogP contribution is 2.26. The Hall–Kier alpha value is -2.03. The first-order valence-electron chi connectivity index (χ1n) is 5.46. The molecule has 1 N–H and O–H groups in total. The average Bonchev–Trinajstić information content (AvgIpc) is 2.64. The highest BCUT2D eigenvalue weighted by Gasteiger charge is 2.12. The predicted molar refractivity (Wildman–Crippen MR) is 67.3 cm³/mol. The molecule has 0 radical (unpaired) electrons. The van der Waals surface area contributed by atoms with Crippen LogP contribution in [0, 0.1) is 13.8 Å². The number of rotatable bonds is 2. The van der Waals surface area contributed by atoms with Crippen LogP contribution in [0.2, 0.25) is 0 Å². The number of aryl methyl sites for hydroxylation is 3. The number of carboxylic acid groups (broad SMARTS) is 1. The summed E-state index contributed by atoms with van der Waals surface area (Å²) in [5, 5.41) is 9.03. The maximum atomic E-state index is 11.0. The number of benzene rings is 1. The molecule has 0 aliphatic rings. The monoisotopic (exact) mass is 229 g/mol. The van der Waals surface area contributed by atoms with E-state index in [2.05, 4.69) is 18.2 Å². The smallest absolute Gasteiger partial charge is 0.352 e. The highest BCUT2D eigenvalue weighted by molar-refractivity contribution is 5.88. The van der Waals surface area contributed by atoms with Crippen LogP contribution in [0.15, 0.2) is 30.5 Å². The second-order valence-electron chi connectivity index (χ2n) is 4.35. The van der Waals surface area contributed by atoms with Gasteiger partial charge in [-0.25, -0.2) is 4.79 Å². The van der Waals surface area contributed by atoms with Gasteiger partial charge in [-0.3, -0.25) is 0 Å². The number of aromatic nitrogens is 1. The molecule has 3 nitrogen and oxygen atoms in total. The van der Waals surface area contributed by atoms with Crippen molar-refractivity contribution in [2.75, 3.05) is 0 Å². The molecular weight excluding hydrogens is 214 g/mol. The van der Waals surface area contributed by atoms with E-state index >= 15 is 0 Å². The van der Waals surface area contributed by atoms with Crippen molar-refractivity contribution in [1.82, 2.24) is 4.57 Å². The molecule has 0 spiro atoms. The molecule has 0 saturated heterocycles. The molecule has 0 saturated carbocycles. The van der Waals surface area contributed by atoms with E-state index in [-0.39, 0.29) is 0 Å². The quantitative estimate of drug-likeness (QED) is 0.860. The van der Waals surface area contributed by atoms with Gasteiger partial charge in [-0.05, 0) is 31.0 Å². The van der Waals surface area contributed by atoms with Crippen molar-refractivity contribution in [1.29, 1.82) is 0 Å². The van der Waals surface area contributed by atoms with Gasteiger partial charge in [-0.1, -0.05) is 23.8 Å². The van der Waals surface area contributed by atoms with Gasteiger partial charge in [0.25, 0.3) is 0 Å². The summed E-state index contributed by atoms with van der Waals surface area (Å²) >= 11 is 0. The molecule has 0 aliphatic heterocycles. The maximum Gasteiger partial charge on any atom is 0.352 e. The fraction of sp³-hybridized carbons (Fsp3) is 0.214. The van der Waals surface area contributed by atoms with Crippen LogP contribution in [-0.4, -0.2) is 15.6 Å². The highest BCUT2D eigenvalue weighted by atomic mass is 16.4. The molecule has 1 aromatic carbocycles. The summed E-state index contributed by atoms with van der Waals surface area (Å²) in [7, 11) is 1.75. The van der Waals surface area contributed by atoms with Gasteiger partial charge in [0.1, 0.15) is 5.69 Å². The maximum absolute atomic E-state index is 11.0. The Morgan fingerprint density at radius 2 is 1.94 bits per heavy atom. The number of hydrogen-bond donors (Lipinski definition) is 1. The summed E-state index contributed by atoms with van der Waals surface area (Å²) in [6.45, 7) is 4.06. The molecule has 1 aromatic heterocycles. The lowest BCUT2D eigenvalue weighted by atomic mass is 10.0. The van der Waals surface area contributed by atoms with E-state index in [1.54, 1.807) is 17.7 Å². The second kappa shape index (κ2) is 4.09. The molecule has 2 rings (SSSR count). The first-order valence-corrected chi connectivity index (χ1v) is 5.46. The average molecular weight is 229 g/mol. The van der Waals surface area contributed by atoms with E-state index in [1.807, 2.05) is 20.0 Å². The molecule has 0 bridgehead atoms. The summed E-state index contributed by atoms with van der Waals surface area (Å²) in [6.07, 6.45) is 1.85. The molecule has 3 heteroatoms. The minimum Gasteiger partial charge on any atom is -0.477 e. The second-order valence-corrected chi connectivity index (χ2v) is 4.35. The van der Waals surface area contributed by atoms with Crippen molar-refractivity contribution in [3.63, 3.8) is 0 Å². The molecular formula is C14H15NO2. The van der Waals surface area contributed by atoms with Gasteiger partial charge in [0.05, 0.1) is 0 Å². The predicted octanol–water partition coefficient (Wildman–Crippen LogP) is 3.01. The van der Waals surface area contributed by atoms with E-state index in [0.717, 1.165) is 16.7 Å². The van der Waals surface area contributed by atoms with E-state index in [9.17, 15) is 4.79 Å². The minimum atomic E-state index is -0.899. The summed E-state index contributed by atoms with van der Waals surface area (Å²) in [5.41, 5.74) is 4.67. The molecule has 88 valence electrons. The Kier molecular flexibility index (Phi) is 2.76. The van der Waals surface area contributed by atoms with Gasteiger partial charge in [0.2, 0.25) is 0 Å². The number of hydrogen-bond acceptors (Lipinski definition) is 1. The number of nitrogens with zero attached hydrogens (tertiary/aromatic N) is 1. The van der Waals surface area contributed by atoms with Crippen molar-refractivity contribution >= 4 is 5.97 Å². The van der Waals surface area contributed by atoms with Crippen molar-refractivity contribution < 1.29 is 9.90 Å². The molecule has 0 unspecified atom stereocenters. The normalized spacial score (nSPS) is 10.5. The Labute approximate surface area is 100 Å². The summed E-state index contributed by atoms with van der Waals surface area (Å²) < 4.78 is 1.64. The zero-order valence-electron chi connectivity index (χ0n) is 10.2. The third-order valence-corrected chi connectivity index (χ3v) is 2.93. The molecule has 0 atom stereocenters. The van der Waals surface area contributed by atoms with E-state index in [4.69, 9.17) is 5.11 Å². The lowest BCUT2D eigenvalue weighted by molar-refractivity contribution is 0.0686. The largest absolute Gasteiger partial charge is 0.477 e. The van der Waals surface area contributed by atoms with Gasteiger partial charge >= 0.3 is 5.97 Å². The number of aromatic carboxylic acids is 1. The van der Waals surface area contributed by atoms with Gasteiger partial charge in [0.15, 0.2) is 0 Å². The third-order valence-electron chi connectivity index (χ3n) is 2.93. The van der Waals surface area contributed by atoms with Crippen LogP contribution >= 0.6 is 0 Å². The standard InChI is InChI=1S/C14H15NO2/c1-9-4-5-10(2)12(6-9)11-7-13(14(16)17)15(3)8-11/h4-8H,1-3H3,(H,16,17). The van der Waals surface area contributed by atoms with Crippen LogP contribution < -0.4 is 0 Å². The zero-order chi connectivity index (χ0) is 12.6. The Morgan fingerprint density at radius 1 is 1.24 bits per heavy atom. The van der Waals surface area contributed by atoms with E-state index in [0.29, 0.717) is 5.69 Å². The molecule has 17 heavy (non-hydrogen) atoms. The first-order chi connectivity index (χ1) is 7.99. The zero-order valence-corrected chi connectivity index (χ0v) is 10.2. The first kappa shape index (κ1) is 11.5.